The molecule has 2 rings (SSSR count). The van der Waals surface area contributed by atoms with Crippen LogP contribution in [0.25, 0.3) is 0 Å². The predicted molar refractivity (Wildman–Crippen MR) is 79.4 cm³/mol. The molecule has 2 N–H and O–H groups in total. The molecule has 0 radical (unpaired) electrons. The maximum absolute atomic E-state index is 12.3. The molecular formula is C14H14BrNO2S. The van der Waals surface area contributed by atoms with Gasteiger partial charge in [-0.15, -0.1) is 0 Å². The van der Waals surface area contributed by atoms with Crippen LogP contribution in [0.5, 0.6) is 0 Å². The van der Waals surface area contributed by atoms with Crippen LogP contribution < -0.4 is 5.73 Å². The molecule has 0 unspecified atom stereocenters. The van der Waals surface area contributed by atoms with Crippen LogP contribution in [-0.2, 0) is 22.1 Å². The Balaban J connectivity index is 2.25. The standard InChI is InChI=1S/C14H14BrNO2S/c15-13-2-1-3-14(8-13)19(17,18)10-12-6-4-11(9-16)5-7-12/h1-8H,9-10,16H2. The van der Waals surface area contributed by atoms with Crippen molar-refractivity contribution < 1.29 is 8.42 Å². The first-order valence-electron chi connectivity index (χ1n) is 5.77. The van der Waals surface area contributed by atoms with Crippen molar-refractivity contribution in [1.82, 2.24) is 0 Å². The molecule has 0 amide bonds. The second-order valence-electron chi connectivity index (χ2n) is 4.24. The Hall–Kier alpha value is -1.17. The third kappa shape index (κ3) is 3.65. The summed E-state index contributed by atoms with van der Waals surface area (Å²) < 4.78 is 25.3. The Morgan fingerprint density at radius 2 is 1.63 bits per heavy atom. The van der Waals surface area contributed by atoms with E-state index in [0.717, 1.165) is 15.6 Å². The zero-order valence-electron chi connectivity index (χ0n) is 10.2. The maximum Gasteiger partial charge on any atom is 0.182 e. The van der Waals surface area contributed by atoms with E-state index in [1.807, 2.05) is 12.1 Å². The van der Waals surface area contributed by atoms with Crippen LogP contribution in [0.1, 0.15) is 11.1 Å². The number of rotatable bonds is 4. The minimum atomic E-state index is -3.32. The Morgan fingerprint density at radius 1 is 1.00 bits per heavy atom. The number of halogens is 1. The Bertz CT molecular complexity index is 666. The second-order valence-corrected chi connectivity index (χ2v) is 7.14. The maximum atomic E-state index is 12.3. The van der Waals surface area contributed by atoms with Crippen LogP contribution in [0.3, 0.4) is 0 Å². The van der Waals surface area contributed by atoms with Crippen LogP contribution in [0.15, 0.2) is 57.9 Å². The van der Waals surface area contributed by atoms with Crippen LogP contribution in [-0.4, -0.2) is 8.42 Å². The average molecular weight is 340 g/mol. The molecule has 2 aromatic rings. The van der Waals surface area contributed by atoms with E-state index in [-0.39, 0.29) is 5.75 Å². The van der Waals surface area contributed by atoms with Crippen molar-refractivity contribution >= 4 is 25.8 Å². The van der Waals surface area contributed by atoms with Crippen molar-refractivity contribution in [1.29, 1.82) is 0 Å². The second kappa shape index (κ2) is 5.86. The van der Waals surface area contributed by atoms with Crippen molar-refractivity contribution in [3.8, 4) is 0 Å². The van der Waals surface area contributed by atoms with Gasteiger partial charge in [-0.05, 0) is 29.3 Å². The van der Waals surface area contributed by atoms with Gasteiger partial charge in [0.2, 0.25) is 0 Å². The van der Waals surface area contributed by atoms with Crippen LogP contribution in [0, 0.1) is 0 Å². The van der Waals surface area contributed by atoms with Crippen molar-refractivity contribution in [2.75, 3.05) is 0 Å². The van der Waals surface area contributed by atoms with Crippen molar-refractivity contribution in [2.24, 2.45) is 5.73 Å². The van der Waals surface area contributed by atoms with Crippen molar-refractivity contribution in [2.45, 2.75) is 17.2 Å². The zero-order valence-corrected chi connectivity index (χ0v) is 12.6. The average Bonchev–Trinajstić information content (AvgIpc) is 2.39. The minimum Gasteiger partial charge on any atom is -0.326 e. The first-order chi connectivity index (χ1) is 9.01. The van der Waals surface area contributed by atoms with Gasteiger partial charge in [0.1, 0.15) is 0 Å². The molecule has 0 aliphatic heterocycles. The SMILES string of the molecule is NCc1ccc(CS(=O)(=O)c2cccc(Br)c2)cc1. The quantitative estimate of drug-likeness (QED) is 0.931. The summed E-state index contributed by atoms with van der Waals surface area (Å²) in [5.41, 5.74) is 7.26. The van der Waals surface area contributed by atoms with E-state index in [1.165, 1.54) is 0 Å². The molecule has 0 aliphatic carbocycles. The first-order valence-corrected chi connectivity index (χ1v) is 8.22. The van der Waals surface area contributed by atoms with Gasteiger partial charge in [-0.2, -0.15) is 0 Å². The number of sulfone groups is 1. The van der Waals surface area contributed by atoms with Gasteiger partial charge in [0.15, 0.2) is 9.84 Å². The van der Waals surface area contributed by atoms with E-state index in [9.17, 15) is 8.42 Å². The van der Waals surface area contributed by atoms with Gasteiger partial charge >= 0.3 is 0 Å². The molecule has 100 valence electrons. The molecule has 0 bridgehead atoms. The normalized spacial score (nSPS) is 11.5. The van der Waals surface area contributed by atoms with Crippen LogP contribution >= 0.6 is 15.9 Å². The predicted octanol–water partition coefficient (Wildman–Crippen LogP) is 2.88. The fourth-order valence-electron chi connectivity index (χ4n) is 1.73. The minimum absolute atomic E-state index is 0.00565. The van der Waals surface area contributed by atoms with Gasteiger partial charge in [0.05, 0.1) is 10.6 Å². The summed E-state index contributed by atoms with van der Waals surface area (Å²) in [6.45, 7) is 0.457. The molecule has 0 fully saturated rings. The third-order valence-electron chi connectivity index (χ3n) is 2.77. The summed E-state index contributed by atoms with van der Waals surface area (Å²) >= 11 is 3.28. The number of benzene rings is 2. The van der Waals surface area contributed by atoms with Crippen molar-refractivity contribution in [3.63, 3.8) is 0 Å². The number of hydrogen-bond acceptors (Lipinski definition) is 3. The lowest BCUT2D eigenvalue weighted by molar-refractivity contribution is 0.595. The van der Waals surface area contributed by atoms with Gasteiger partial charge in [0.25, 0.3) is 0 Å². The monoisotopic (exact) mass is 339 g/mol. The molecular weight excluding hydrogens is 326 g/mol. The fourth-order valence-corrected chi connectivity index (χ4v) is 3.68. The number of hydrogen-bond donors (Lipinski definition) is 1. The highest BCUT2D eigenvalue weighted by molar-refractivity contribution is 9.10. The lowest BCUT2D eigenvalue weighted by Gasteiger charge is -2.06. The lowest BCUT2D eigenvalue weighted by Crippen LogP contribution is -2.05. The smallest absolute Gasteiger partial charge is 0.182 e. The topological polar surface area (TPSA) is 60.2 Å². The molecule has 0 aliphatic rings. The van der Waals surface area contributed by atoms with Gasteiger partial charge in [-0.3, -0.25) is 0 Å². The molecule has 2 aromatic carbocycles. The fraction of sp³-hybridized carbons (Fsp3) is 0.143. The van der Waals surface area contributed by atoms with Crippen LogP contribution in [0.4, 0.5) is 0 Å². The molecule has 0 spiro atoms. The lowest BCUT2D eigenvalue weighted by atomic mass is 10.1. The van der Waals surface area contributed by atoms with Gasteiger partial charge < -0.3 is 5.73 Å². The summed E-state index contributed by atoms with van der Waals surface area (Å²) in [5.74, 6) is -0.00565. The largest absolute Gasteiger partial charge is 0.326 e. The van der Waals surface area contributed by atoms with Crippen molar-refractivity contribution in [3.05, 3.63) is 64.1 Å². The van der Waals surface area contributed by atoms with E-state index in [1.54, 1.807) is 36.4 Å². The summed E-state index contributed by atoms with van der Waals surface area (Å²) in [4.78, 5) is 0.324. The van der Waals surface area contributed by atoms with E-state index in [0.29, 0.717) is 11.4 Å². The highest BCUT2D eigenvalue weighted by Crippen LogP contribution is 2.20. The Morgan fingerprint density at radius 3 is 2.21 bits per heavy atom. The highest BCUT2D eigenvalue weighted by Gasteiger charge is 2.15. The van der Waals surface area contributed by atoms with Crippen LogP contribution in [0.2, 0.25) is 0 Å². The van der Waals surface area contributed by atoms with Gasteiger partial charge in [-0.25, -0.2) is 8.42 Å². The first kappa shape index (κ1) is 14.2. The highest BCUT2D eigenvalue weighted by atomic mass is 79.9. The van der Waals surface area contributed by atoms with Gasteiger partial charge in [-0.1, -0.05) is 46.3 Å². The summed E-state index contributed by atoms with van der Waals surface area (Å²) in [5, 5.41) is 0. The molecule has 0 atom stereocenters. The third-order valence-corrected chi connectivity index (χ3v) is 4.95. The molecule has 19 heavy (non-hydrogen) atoms. The molecule has 0 heterocycles. The molecule has 3 nitrogen and oxygen atoms in total. The number of nitrogens with two attached hydrogens (primary N) is 1. The Labute approximate surface area is 121 Å². The zero-order chi connectivity index (χ0) is 13.9. The molecule has 0 saturated heterocycles. The summed E-state index contributed by atoms with van der Waals surface area (Å²) in [6.07, 6.45) is 0. The Kier molecular flexibility index (Phi) is 4.39. The van der Waals surface area contributed by atoms with E-state index < -0.39 is 9.84 Å². The van der Waals surface area contributed by atoms with E-state index in [2.05, 4.69) is 15.9 Å². The molecule has 5 heteroatoms. The molecule has 0 saturated carbocycles. The van der Waals surface area contributed by atoms with Gasteiger partial charge in [0, 0.05) is 11.0 Å². The summed E-state index contributed by atoms with van der Waals surface area (Å²) in [7, 11) is -3.32. The summed E-state index contributed by atoms with van der Waals surface area (Å²) in [6, 6.07) is 14.1. The molecule has 0 aromatic heterocycles. The van der Waals surface area contributed by atoms with E-state index in [4.69, 9.17) is 5.73 Å². The van der Waals surface area contributed by atoms with E-state index >= 15 is 0 Å².